The highest BCUT2D eigenvalue weighted by Gasteiger charge is 2.24. The van der Waals surface area contributed by atoms with Crippen LogP contribution in [0.5, 0.6) is 0 Å². The molecule has 114 valence electrons. The lowest BCUT2D eigenvalue weighted by atomic mass is 10.2. The van der Waals surface area contributed by atoms with Crippen molar-refractivity contribution in [3.63, 3.8) is 0 Å². The molecule has 0 radical (unpaired) electrons. The van der Waals surface area contributed by atoms with Gasteiger partial charge >= 0.3 is 0 Å². The molecule has 2 amide bonds. The normalized spacial score (nSPS) is 15.0. The number of nitrogens with one attached hydrogen (secondary N) is 1. The molecular weight excluding hydrogens is 288 g/mol. The van der Waals surface area contributed by atoms with E-state index in [9.17, 15) is 9.59 Å². The zero-order valence-electron chi connectivity index (χ0n) is 12.3. The Labute approximate surface area is 130 Å². The summed E-state index contributed by atoms with van der Waals surface area (Å²) in [6, 6.07) is 7.36. The molecule has 1 N–H and O–H groups in total. The van der Waals surface area contributed by atoms with Crippen molar-refractivity contribution < 1.29 is 9.59 Å². The summed E-state index contributed by atoms with van der Waals surface area (Å²) in [7, 11) is 0. The maximum Gasteiger partial charge on any atom is 0.226 e. The van der Waals surface area contributed by atoms with Gasteiger partial charge in [0.05, 0.1) is 0 Å². The number of anilines is 1. The molecule has 4 nitrogen and oxygen atoms in total. The van der Waals surface area contributed by atoms with Crippen molar-refractivity contribution in [2.75, 3.05) is 11.9 Å². The maximum atomic E-state index is 12.0. The van der Waals surface area contributed by atoms with Crippen molar-refractivity contribution in [3.8, 4) is 0 Å². The third-order valence-corrected chi connectivity index (χ3v) is 4.09. The van der Waals surface area contributed by atoms with E-state index in [0.29, 0.717) is 29.7 Å². The van der Waals surface area contributed by atoms with Crippen LogP contribution in [-0.2, 0) is 9.59 Å². The summed E-state index contributed by atoms with van der Waals surface area (Å²) >= 11 is 5.88. The quantitative estimate of drug-likeness (QED) is 0.905. The minimum absolute atomic E-state index is 0.0532. The molecule has 1 fully saturated rings. The van der Waals surface area contributed by atoms with E-state index >= 15 is 0 Å². The Hall–Kier alpha value is -1.55. The van der Waals surface area contributed by atoms with Crippen LogP contribution < -0.4 is 5.32 Å². The zero-order valence-corrected chi connectivity index (χ0v) is 13.0. The summed E-state index contributed by atoms with van der Waals surface area (Å²) in [6.45, 7) is 2.06. The fraction of sp³-hybridized carbons (Fsp3) is 0.500. The summed E-state index contributed by atoms with van der Waals surface area (Å²) in [6.07, 6.45) is 4.75. The van der Waals surface area contributed by atoms with Crippen molar-refractivity contribution in [2.24, 2.45) is 0 Å². The second-order valence-corrected chi connectivity index (χ2v) is 5.90. The monoisotopic (exact) mass is 308 g/mol. The second-order valence-electron chi connectivity index (χ2n) is 5.46. The number of hydrogen-bond acceptors (Lipinski definition) is 2. The number of carbonyl (C=O) groups excluding carboxylic acids is 2. The predicted octanol–water partition coefficient (Wildman–Crippen LogP) is 3.46. The standard InChI is InChI=1S/C16H21ClN2O2/c1-12(20)19(15-7-2-3-8-15)10-9-16(21)18-14-6-4-5-13(17)11-14/h4-6,11,15H,2-3,7-10H2,1H3,(H,18,21). The summed E-state index contributed by atoms with van der Waals surface area (Å²) in [4.78, 5) is 25.5. The SMILES string of the molecule is CC(=O)N(CCC(=O)Nc1cccc(Cl)c1)C1CCCC1. The Balaban J connectivity index is 1.85. The number of hydrogen-bond donors (Lipinski definition) is 1. The first-order chi connectivity index (χ1) is 10.1. The predicted molar refractivity (Wildman–Crippen MR) is 84.3 cm³/mol. The Bertz CT molecular complexity index is 513. The highest BCUT2D eigenvalue weighted by atomic mass is 35.5. The molecule has 0 unspecified atom stereocenters. The van der Waals surface area contributed by atoms with Gasteiger partial charge in [0.2, 0.25) is 11.8 Å². The van der Waals surface area contributed by atoms with Crippen LogP contribution in [0.15, 0.2) is 24.3 Å². The average Bonchev–Trinajstić information content (AvgIpc) is 2.92. The van der Waals surface area contributed by atoms with Crippen LogP contribution in [0.4, 0.5) is 5.69 Å². The molecule has 0 saturated heterocycles. The van der Waals surface area contributed by atoms with Gasteiger partial charge in [-0.05, 0) is 31.0 Å². The lowest BCUT2D eigenvalue weighted by Gasteiger charge is -2.27. The van der Waals surface area contributed by atoms with Crippen LogP contribution in [0.1, 0.15) is 39.0 Å². The van der Waals surface area contributed by atoms with E-state index in [1.165, 1.54) is 12.8 Å². The van der Waals surface area contributed by atoms with Gasteiger partial charge in [0.25, 0.3) is 0 Å². The van der Waals surface area contributed by atoms with Gasteiger partial charge in [-0.25, -0.2) is 0 Å². The molecule has 0 aromatic heterocycles. The lowest BCUT2D eigenvalue weighted by Crippen LogP contribution is -2.39. The van der Waals surface area contributed by atoms with Crippen molar-refractivity contribution in [3.05, 3.63) is 29.3 Å². The first-order valence-corrected chi connectivity index (χ1v) is 7.76. The van der Waals surface area contributed by atoms with Gasteiger partial charge in [-0.15, -0.1) is 0 Å². The molecule has 1 aromatic rings. The van der Waals surface area contributed by atoms with Crippen molar-refractivity contribution >= 4 is 29.1 Å². The van der Waals surface area contributed by atoms with Gasteiger partial charge in [-0.1, -0.05) is 30.5 Å². The Morgan fingerprint density at radius 1 is 1.33 bits per heavy atom. The Morgan fingerprint density at radius 2 is 2.05 bits per heavy atom. The largest absolute Gasteiger partial charge is 0.339 e. The van der Waals surface area contributed by atoms with Crippen LogP contribution in [0.2, 0.25) is 5.02 Å². The van der Waals surface area contributed by atoms with E-state index in [2.05, 4.69) is 5.32 Å². The zero-order chi connectivity index (χ0) is 15.2. The molecule has 0 heterocycles. The first kappa shape index (κ1) is 15.8. The van der Waals surface area contributed by atoms with E-state index < -0.39 is 0 Å². The summed E-state index contributed by atoms with van der Waals surface area (Å²) in [5.74, 6) is -0.0426. The van der Waals surface area contributed by atoms with Gasteiger partial charge in [0, 0.05) is 36.6 Å². The van der Waals surface area contributed by atoms with E-state index in [0.717, 1.165) is 12.8 Å². The van der Waals surface area contributed by atoms with Gasteiger partial charge in [-0.3, -0.25) is 9.59 Å². The summed E-state index contributed by atoms with van der Waals surface area (Å²) < 4.78 is 0. The van der Waals surface area contributed by atoms with Crippen LogP contribution in [0.3, 0.4) is 0 Å². The molecule has 1 aliphatic rings. The Morgan fingerprint density at radius 3 is 2.67 bits per heavy atom. The Kier molecular flexibility index (Phi) is 5.62. The van der Waals surface area contributed by atoms with E-state index in [4.69, 9.17) is 11.6 Å². The molecule has 1 saturated carbocycles. The van der Waals surface area contributed by atoms with E-state index in [-0.39, 0.29) is 11.8 Å². The molecule has 5 heteroatoms. The number of rotatable bonds is 5. The third kappa shape index (κ3) is 4.74. The summed E-state index contributed by atoms with van der Waals surface area (Å²) in [5.41, 5.74) is 0.683. The highest BCUT2D eigenvalue weighted by Crippen LogP contribution is 2.23. The molecule has 1 aliphatic carbocycles. The highest BCUT2D eigenvalue weighted by molar-refractivity contribution is 6.30. The maximum absolute atomic E-state index is 12.0. The number of benzene rings is 1. The van der Waals surface area contributed by atoms with Crippen LogP contribution >= 0.6 is 11.6 Å². The molecule has 2 rings (SSSR count). The molecule has 0 spiro atoms. The topological polar surface area (TPSA) is 49.4 Å². The fourth-order valence-electron chi connectivity index (χ4n) is 2.82. The van der Waals surface area contributed by atoms with Gasteiger partial charge in [0.1, 0.15) is 0 Å². The summed E-state index contributed by atoms with van der Waals surface area (Å²) in [5, 5.41) is 3.39. The molecular formula is C16H21ClN2O2. The van der Waals surface area contributed by atoms with Crippen LogP contribution in [0, 0.1) is 0 Å². The minimum atomic E-state index is -0.0958. The van der Waals surface area contributed by atoms with Crippen molar-refractivity contribution in [2.45, 2.75) is 45.1 Å². The van der Waals surface area contributed by atoms with Crippen LogP contribution in [0.25, 0.3) is 0 Å². The number of nitrogens with zero attached hydrogens (tertiary/aromatic N) is 1. The van der Waals surface area contributed by atoms with Gasteiger partial charge in [0.15, 0.2) is 0 Å². The third-order valence-electron chi connectivity index (χ3n) is 3.86. The first-order valence-electron chi connectivity index (χ1n) is 7.39. The number of carbonyl (C=O) groups is 2. The number of amides is 2. The second kappa shape index (κ2) is 7.46. The molecule has 0 aliphatic heterocycles. The van der Waals surface area contributed by atoms with Crippen molar-refractivity contribution in [1.29, 1.82) is 0 Å². The molecule has 0 atom stereocenters. The van der Waals surface area contributed by atoms with Crippen LogP contribution in [-0.4, -0.2) is 29.3 Å². The smallest absolute Gasteiger partial charge is 0.226 e. The fourth-order valence-corrected chi connectivity index (χ4v) is 3.02. The molecule has 0 bridgehead atoms. The number of halogens is 1. The minimum Gasteiger partial charge on any atom is -0.339 e. The lowest BCUT2D eigenvalue weighted by molar-refractivity contribution is -0.131. The van der Waals surface area contributed by atoms with E-state index in [1.807, 2.05) is 4.90 Å². The van der Waals surface area contributed by atoms with Gasteiger partial charge in [-0.2, -0.15) is 0 Å². The molecule has 21 heavy (non-hydrogen) atoms. The van der Waals surface area contributed by atoms with Crippen molar-refractivity contribution in [1.82, 2.24) is 4.90 Å². The van der Waals surface area contributed by atoms with E-state index in [1.54, 1.807) is 31.2 Å². The van der Waals surface area contributed by atoms with Gasteiger partial charge < -0.3 is 10.2 Å². The molecule has 1 aromatic carbocycles. The average molecular weight is 309 g/mol.